The molecular formula is C13H17N5S. The van der Waals surface area contributed by atoms with Gasteiger partial charge in [0.25, 0.3) is 0 Å². The predicted molar refractivity (Wildman–Crippen MR) is 78.2 cm³/mol. The summed E-state index contributed by atoms with van der Waals surface area (Å²) < 4.78 is 1.94. The van der Waals surface area contributed by atoms with E-state index in [1.54, 1.807) is 11.8 Å². The molecule has 1 aliphatic heterocycles. The number of anilines is 1. The van der Waals surface area contributed by atoms with Crippen LogP contribution in [0, 0.1) is 0 Å². The molecule has 2 heterocycles. The molecule has 5 nitrogen and oxygen atoms in total. The minimum absolute atomic E-state index is 0.817. The molecule has 1 saturated heterocycles. The maximum absolute atomic E-state index is 4.64. The molecule has 1 fully saturated rings. The van der Waals surface area contributed by atoms with Crippen LogP contribution < -0.4 is 10.2 Å². The maximum Gasteiger partial charge on any atom is 0.229 e. The van der Waals surface area contributed by atoms with Crippen LogP contribution in [0.4, 0.5) is 5.95 Å². The fourth-order valence-electron chi connectivity index (χ4n) is 2.18. The number of aromatic nitrogens is 3. The monoisotopic (exact) mass is 275 g/mol. The summed E-state index contributed by atoms with van der Waals surface area (Å²) in [6.07, 6.45) is 2.01. The number of para-hydroxylation sites is 1. The average molecular weight is 275 g/mol. The lowest BCUT2D eigenvalue weighted by atomic mass is 10.3. The summed E-state index contributed by atoms with van der Waals surface area (Å²) in [7, 11) is 0. The van der Waals surface area contributed by atoms with Gasteiger partial charge in [-0.25, -0.2) is 0 Å². The van der Waals surface area contributed by atoms with Gasteiger partial charge in [-0.3, -0.25) is 0 Å². The molecule has 6 heteroatoms. The zero-order chi connectivity index (χ0) is 13.1. The van der Waals surface area contributed by atoms with Gasteiger partial charge in [0.2, 0.25) is 11.1 Å². The van der Waals surface area contributed by atoms with E-state index in [9.17, 15) is 0 Å². The minimum Gasteiger partial charge on any atom is -0.338 e. The van der Waals surface area contributed by atoms with Crippen molar-refractivity contribution in [3.63, 3.8) is 0 Å². The van der Waals surface area contributed by atoms with Crippen LogP contribution in [0.3, 0.4) is 0 Å². The second-order valence-corrected chi connectivity index (χ2v) is 5.16. The highest BCUT2D eigenvalue weighted by atomic mass is 32.2. The van der Waals surface area contributed by atoms with Crippen molar-refractivity contribution in [3.8, 4) is 5.69 Å². The number of thioether (sulfide) groups is 1. The van der Waals surface area contributed by atoms with Crippen LogP contribution in [0.25, 0.3) is 5.69 Å². The van der Waals surface area contributed by atoms with E-state index in [0.717, 1.165) is 43.0 Å². The summed E-state index contributed by atoms with van der Waals surface area (Å²) in [4.78, 5) is 6.93. The third-order valence-electron chi connectivity index (χ3n) is 3.15. The van der Waals surface area contributed by atoms with Gasteiger partial charge in [0, 0.05) is 26.2 Å². The summed E-state index contributed by atoms with van der Waals surface area (Å²) in [6.45, 7) is 3.94. The largest absolute Gasteiger partial charge is 0.338 e. The summed E-state index contributed by atoms with van der Waals surface area (Å²) in [6, 6.07) is 10.2. The summed E-state index contributed by atoms with van der Waals surface area (Å²) in [5.41, 5.74) is 1.06. The number of rotatable bonds is 3. The first-order chi connectivity index (χ1) is 9.38. The minimum atomic E-state index is 0.817. The van der Waals surface area contributed by atoms with E-state index >= 15 is 0 Å². The molecule has 100 valence electrons. The molecule has 3 rings (SSSR count). The van der Waals surface area contributed by atoms with Crippen LogP contribution in [-0.2, 0) is 0 Å². The summed E-state index contributed by atoms with van der Waals surface area (Å²) in [5, 5.41) is 8.76. The lowest BCUT2D eigenvalue weighted by Gasteiger charge is -2.28. The second-order valence-electron chi connectivity index (χ2n) is 4.38. The Balaban J connectivity index is 2.00. The zero-order valence-corrected chi connectivity index (χ0v) is 11.7. The molecule has 0 radical (unpaired) electrons. The number of benzene rings is 1. The first-order valence-electron chi connectivity index (χ1n) is 6.40. The van der Waals surface area contributed by atoms with Crippen LogP contribution in [0.2, 0.25) is 0 Å². The predicted octanol–water partition coefficient (Wildman–Crippen LogP) is 1.40. The van der Waals surface area contributed by atoms with Crippen molar-refractivity contribution in [1.29, 1.82) is 0 Å². The Kier molecular flexibility index (Phi) is 3.70. The Bertz CT molecular complexity index is 533. The molecule has 19 heavy (non-hydrogen) atoms. The lowest BCUT2D eigenvalue weighted by molar-refractivity contribution is 0.575. The summed E-state index contributed by atoms with van der Waals surface area (Å²) in [5.74, 6) is 0.942. The molecule has 0 spiro atoms. The molecule has 0 unspecified atom stereocenters. The highest BCUT2D eigenvalue weighted by Crippen LogP contribution is 2.21. The smallest absolute Gasteiger partial charge is 0.229 e. The van der Waals surface area contributed by atoms with E-state index in [0.29, 0.717) is 0 Å². The molecule has 1 N–H and O–H groups in total. The fourth-order valence-corrected chi connectivity index (χ4v) is 2.52. The van der Waals surface area contributed by atoms with Crippen molar-refractivity contribution in [1.82, 2.24) is 20.1 Å². The van der Waals surface area contributed by atoms with Crippen LogP contribution >= 0.6 is 11.8 Å². The van der Waals surface area contributed by atoms with Gasteiger partial charge in [0.15, 0.2) is 0 Å². The van der Waals surface area contributed by atoms with Gasteiger partial charge < -0.3 is 10.2 Å². The van der Waals surface area contributed by atoms with Gasteiger partial charge in [0.1, 0.15) is 0 Å². The van der Waals surface area contributed by atoms with Crippen molar-refractivity contribution in [2.75, 3.05) is 37.3 Å². The Morgan fingerprint density at radius 1 is 1.16 bits per heavy atom. The van der Waals surface area contributed by atoms with Gasteiger partial charge in [-0.05, 0) is 18.4 Å². The van der Waals surface area contributed by atoms with Crippen LogP contribution in [0.1, 0.15) is 0 Å². The van der Waals surface area contributed by atoms with Gasteiger partial charge in [0.05, 0.1) is 5.69 Å². The molecule has 1 aliphatic rings. The SMILES string of the molecule is CSc1nc(N2CCNCC2)n(-c2ccccc2)n1. The van der Waals surface area contributed by atoms with Crippen molar-refractivity contribution >= 4 is 17.7 Å². The number of nitrogens with zero attached hydrogens (tertiary/aromatic N) is 4. The van der Waals surface area contributed by atoms with E-state index in [1.807, 2.05) is 29.1 Å². The lowest BCUT2D eigenvalue weighted by Crippen LogP contribution is -2.44. The van der Waals surface area contributed by atoms with Gasteiger partial charge in [-0.2, -0.15) is 9.67 Å². The van der Waals surface area contributed by atoms with Gasteiger partial charge >= 0.3 is 0 Å². The quantitative estimate of drug-likeness (QED) is 0.858. The van der Waals surface area contributed by atoms with Gasteiger partial charge in [-0.1, -0.05) is 30.0 Å². The molecule has 0 amide bonds. The molecular weight excluding hydrogens is 258 g/mol. The van der Waals surface area contributed by atoms with E-state index in [-0.39, 0.29) is 0 Å². The van der Waals surface area contributed by atoms with E-state index in [1.165, 1.54) is 0 Å². The van der Waals surface area contributed by atoms with E-state index in [4.69, 9.17) is 0 Å². The number of hydrogen-bond donors (Lipinski definition) is 1. The first kappa shape index (κ1) is 12.5. The molecule has 1 aromatic carbocycles. The Hall–Kier alpha value is -1.53. The van der Waals surface area contributed by atoms with Crippen LogP contribution in [0.5, 0.6) is 0 Å². The second kappa shape index (κ2) is 5.63. The molecule has 0 aliphatic carbocycles. The fraction of sp³-hybridized carbons (Fsp3) is 0.385. The molecule has 0 bridgehead atoms. The molecule has 0 saturated carbocycles. The summed E-state index contributed by atoms with van der Waals surface area (Å²) >= 11 is 1.58. The van der Waals surface area contributed by atoms with Crippen LogP contribution in [-0.4, -0.2) is 47.2 Å². The third-order valence-corrected chi connectivity index (χ3v) is 3.69. The topological polar surface area (TPSA) is 46.0 Å². The number of hydrogen-bond acceptors (Lipinski definition) is 5. The number of piperazine rings is 1. The van der Waals surface area contributed by atoms with Crippen molar-refractivity contribution in [2.45, 2.75) is 5.16 Å². The Morgan fingerprint density at radius 2 is 1.89 bits per heavy atom. The standard InChI is InChI=1S/C13H17N5S/c1-19-12-15-13(17-9-7-14-8-10-17)18(16-12)11-5-3-2-4-6-11/h2-6,14H,7-10H2,1H3. The maximum atomic E-state index is 4.64. The Labute approximate surface area is 117 Å². The third kappa shape index (κ3) is 2.59. The first-order valence-corrected chi connectivity index (χ1v) is 7.63. The zero-order valence-electron chi connectivity index (χ0n) is 10.9. The molecule has 2 aromatic rings. The van der Waals surface area contributed by atoms with Crippen LogP contribution in [0.15, 0.2) is 35.5 Å². The highest BCUT2D eigenvalue weighted by molar-refractivity contribution is 7.98. The van der Waals surface area contributed by atoms with Crippen molar-refractivity contribution < 1.29 is 0 Å². The van der Waals surface area contributed by atoms with Crippen molar-refractivity contribution in [2.24, 2.45) is 0 Å². The van der Waals surface area contributed by atoms with E-state index in [2.05, 4.69) is 32.4 Å². The number of nitrogens with one attached hydrogen (secondary N) is 1. The molecule has 1 aromatic heterocycles. The van der Waals surface area contributed by atoms with Crippen molar-refractivity contribution in [3.05, 3.63) is 30.3 Å². The normalized spacial score (nSPS) is 15.7. The molecule has 0 atom stereocenters. The Morgan fingerprint density at radius 3 is 2.58 bits per heavy atom. The average Bonchev–Trinajstić information content (AvgIpc) is 2.93. The van der Waals surface area contributed by atoms with Gasteiger partial charge in [-0.15, -0.1) is 5.10 Å². The highest BCUT2D eigenvalue weighted by Gasteiger charge is 2.19. The van der Waals surface area contributed by atoms with E-state index < -0.39 is 0 Å².